The molecule has 0 aromatic carbocycles. The number of nitrogen functional groups attached to an aromatic ring is 1. The van der Waals surface area contributed by atoms with Gasteiger partial charge in [0.1, 0.15) is 10.7 Å². The standard InChI is InChI=1S/C12H17N3O3S2/c1-4-9-14-12(13)11(20-9)8(16)6-19-10(15(17)18)5-7(2)3/h10H,2,4-6,13H2,1,3H3. The maximum absolute atomic E-state index is 12.0. The molecule has 0 saturated heterocycles. The summed E-state index contributed by atoms with van der Waals surface area (Å²) >= 11 is 2.26. The van der Waals surface area contributed by atoms with Crippen molar-refractivity contribution in [3.05, 3.63) is 32.2 Å². The van der Waals surface area contributed by atoms with Crippen molar-refractivity contribution in [2.45, 2.75) is 32.1 Å². The number of ketones is 1. The van der Waals surface area contributed by atoms with Crippen molar-refractivity contribution in [1.29, 1.82) is 0 Å². The highest BCUT2D eigenvalue weighted by Gasteiger charge is 2.24. The smallest absolute Gasteiger partial charge is 0.262 e. The summed E-state index contributed by atoms with van der Waals surface area (Å²) in [6.07, 6.45) is 0.964. The molecule has 0 aliphatic carbocycles. The Kier molecular flexibility index (Phi) is 6.15. The van der Waals surface area contributed by atoms with Crippen LogP contribution in [0.4, 0.5) is 5.82 Å². The summed E-state index contributed by atoms with van der Waals surface area (Å²) in [6.45, 7) is 7.32. The molecule has 0 aliphatic heterocycles. The van der Waals surface area contributed by atoms with Gasteiger partial charge in [0.25, 0.3) is 5.37 Å². The Labute approximate surface area is 125 Å². The molecule has 0 radical (unpaired) electrons. The molecule has 0 amide bonds. The van der Waals surface area contributed by atoms with Crippen molar-refractivity contribution in [2.24, 2.45) is 0 Å². The summed E-state index contributed by atoms with van der Waals surface area (Å²) < 4.78 is 0. The average Bonchev–Trinajstić information content (AvgIpc) is 2.74. The van der Waals surface area contributed by atoms with E-state index in [1.54, 1.807) is 6.92 Å². The molecule has 8 heteroatoms. The molecule has 0 saturated carbocycles. The number of carbonyl (C=O) groups excluding carboxylic acids is 1. The van der Waals surface area contributed by atoms with Gasteiger partial charge < -0.3 is 5.73 Å². The van der Waals surface area contributed by atoms with E-state index in [4.69, 9.17) is 5.73 Å². The van der Waals surface area contributed by atoms with E-state index < -0.39 is 5.37 Å². The Morgan fingerprint density at radius 1 is 1.65 bits per heavy atom. The number of nitrogens with two attached hydrogens (primary N) is 1. The molecule has 0 bridgehead atoms. The van der Waals surface area contributed by atoms with Gasteiger partial charge in [0.15, 0.2) is 5.78 Å². The van der Waals surface area contributed by atoms with Gasteiger partial charge in [0.05, 0.1) is 10.8 Å². The zero-order valence-corrected chi connectivity index (χ0v) is 13.1. The molecule has 1 aromatic rings. The number of thiazole rings is 1. The quantitative estimate of drug-likeness (QED) is 0.260. The van der Waals surface area contributed by atoms with Gasteiger partial charge in [0.2, 0.25) is 0 Å². The Morgan fingerprint density at radius 3 is 2.75 bits per heavy atom. The molecule has 1 unspecified atom stereocenters. The van der Waals surface area contributed by atoms with Crippen molar-refractivity contribution >= 4 is 34.7 Å². The van der Waals surface area contributed by atoms with Gasteiger partial charge in [0, 0.05) is 11.3 Å². The first-order chi connectivity index (χ1) is 9.35. The summed E-state index contributed by atoms with van der Waals surface area (Å²) in [6, 6.07) is 0. The fourth-order valence-corrected chi connectivity index (χ4v) is 3.42. The van der Waals surface area contributed by atoms with Gasteiger partial charge in [-0.2, -0.15) is 0 Å². The summed E-state index contributed by atoms with van der Waals surface area (Å²) in [5, 5.41) is 10.8. The van der Waals surface area contributed by atoms with Crippen molar-refractivity contribution in [2.75, 3.05) is 11.5 Å². The Hall–Kier alpha value is -1.41. The van der Waals surface area contributed by atoms with E-state index in [1.807, 2.05) is 6.92 Å². The lowest BCUT2D eigenvalue weighted by molar-refractivity contribution is -0.494. The number of Topliss-reactive ketones (excluding diaryl/α,β-unsaturated/α-hetero) is 1. The Morgan fingerprint density at radius 2 is 2.30 bits per heavy atom. The van der Waals surface area contributed by atoms with Crippen molar-refractivity contribution < 1.29 is 9.72 Å². The van der Waals surface area contributed by atoms with Gasteiger partial charge >= 0.3 is 0 Å². The fourth-order valence-electron chi connectivity index (χ4n) is 1.46. The van der Waals surface area contributed by atoms with Gasteiger partial charge in [-0.3, -0.25) is 14.9 Å². The molecule has 0 aliphatic rings. The van der Waals surface area contributed by atoms with Crippen LogP contribution in [0.5, 0.6) is 0 Å². The molecule has 6 nitrogen and oxygen atoms in total. The highest BCUT2D eigenvalue weighted by molar-refractivity contribution is 8.00. The molecule has 20 heavy (non-hydrogen) atoms. The van der Waals surface area contributed by atoms with Crippen molar-refractivity contribution in [3.8, 4) is 0 Å². The van der Waals surface area contributed by atoms with Crippen LogP contribution < -0.4 is 5.73 Å². The number of thioether (sulfide) groups is 1. The maximum atomic E-state index is 12.0. The molecule has 0 spiro atoms. The summed E-state index contributed by atoms with van der Waals surface area (Å²) in [5.41, 5.74) is 6.41. The molecule has 1 atom stereocenters. The second-order valence-corrected chi connectivity index (χ2v) is 6.56. The second kappa shape index (κ2) is 7.39. The molecule has 1 rings (SSSR count). The van der Waals surface area contributed by atoms with Gasteiger partial charge in [-0.15, -0.1) is 11.3 Å². The number of nitrogens with zero attached hydrogens (tertiary/aromatic N) is 2. The van der Waals surface area contributed by atoms with Crippen LogP contribution in [0.15, 0.2) is 12.2 Å². The molecule has 1 heterocycles. The lowest BCUT2D eigenvalue weighted by Crippen LogP contribution is -2.18. The van der Waals surface area contributed by atoms with E-state index in [0.29, 0.717) is 11.3 Å². The van der Waals surface area contributed by atoms with Gasteiger partial charge in [-0.1, -0.05) is 30.8 Å². The SMILES string of the molecule is C=C(C)CC(SCC(=O)c1sc(CC)nc1N)[N+](=O)[O-]. The topological polar surface area (TPSA) is 99.1 Å². The first-order valence-corrected chi connectivity index (χ1v) is 7.89. The van der Waals surface area contributed by atoms with E-state index in [2.05, 4.69) is 11.6 Å². The molecule has 0 fully saturated rings. The number of hydrogen-bond acceptors (Lipinski definition) is 7. The fraction of sp³-hybridized carbons (Fsp3) is 0.500. The third-order valence-electron chi connectivity index (χ3n) is 2.42. The van der Waals surface area contributed by atoms with E-state index in [9.17, 15) is 14.9 Å². The molecule has 2 N–H and O–H groups in total. The van der Waals surface area contributed by atoms with Crippen LogP contribution in [-0.2, 0) is 6.42 Å². The number of hydrogen-bond donors (Lipinski definition) is 1. The lowest BCUT2D eigenvalue weighted by Gasteiger charge is -2.07. The van der Waals surface area contributed by atoms with Crippen LogP contribution in [0.1, 0.15) is 34.9 Å². The van der Waals surface area contributed by atoms with Crippen LogP contribution in [-0.4, -0.2) is 26.8 Å². The zero-order valence-electron chi connectivity index (χ0n) is 11.4. The molecular formula is C12H17N3O3S2. The number of aromatic nitrogens is 1. The van der Waals surface area contributed by atoms with E-state index in [0.717, 1.165) is 22.3 Å². The first-order valence-electron chi connectivity index (χ1n) is 6.03. The third-order valence-corrected chi connectivity index (χ3v) is 4.83. The Balaban J connectivity index is 2.67. The second-order valence-electron chi connectivity index (χ2n) is 4.31. The predicted octanol–water partition coefficient (Wildman–Crippen LogP) is 2.77. The zero-order chi connectivity index (χ0) is 15.3. The average molecular weight is 315 g/mol. The van der Waals surface area contributed by atoms with E-state index in [1.165, 1.54) is 11.3 Å². The summed E-state index contributed by atoms with van der Waals surface area (Å²) in [7, 11) is 0. The predicted molar refractivity (Wildman–Crippen MR) is 82.9 cm³/mol. The van der Waals surface area contributed by atoms with Crippen LogP contribution in [0.2, 0.25) is 0 Å². The normalized spacial score (nSPS) is 12.1. The van der Waals surface area contributed by atoms with Crippen LogP contribution in [0.25, 0.3) is 0 Å². The molecular weight excluding hydrogens is 298 g/mol. The van der Waals surface area contributed by atoms with Gasteiger partial charge in [-0.25, -0.2) is 4.98 Å². The summed E-state index contributed by atoms with van der Waals surface area (Å²) in [5.74, 6) is 0.0300. The third kappa shape index (κ3) is 4.61. The Bertz CT molecular complexity index is 528. The number of rotatable bonds is 8. The highest BCUT2D eigenvalue weighted by Crippen LogP contribution is 2.25. The van der Waals surface area contributed by atoms with Crippen LogP contribution in [0.3, 0.4) is 0 Å². The van der Waals surface area contributed by atoms with E-state index in [-0.39, 0.29) is 28.7 Å². The number of aryl methyl sites for hydroxylation is 1. The van der Waals surface area contributed by atoms with Gasteiger partial charge in [-0.05, 0) is 13.3 Å². The highest BCUT2D eigenvalue weighted by atomic mass is 32.2. The van der Waals surface area contributed by atoms with Crippen LogP contribution >= 0.6 is 23.1 Å². The maximum Gasteiger partial charge on any atom is 0.262 e. The minimum absolute atomic E-state index is 0.0223. The van der Waals surface area contributed by atoms with Crippen molar-refractivity contribution in [3.63, 3.8) is 0 Å². The van der Waals surface area contributed by atoms with Crippen LogP contribution in [0, 0.1) is 10.1 Å². The largest absolute Gasteiger partial charge is 0.382 e. The lowest BCUT2D eigenvalue weighted by atomic mass is 10.2. The number of nitro groups is 1. The van der Waals surface area contributed by atoms with Crippen molar-refractivity contribution in [1.82, 2.24) is 4.98 Å². The first kappa shape index (κ1) is 16.6. The number of carbonyl (C=O) groups is 1. The van der Waals surface area contributed by atoms with E-state index >= 15 is 0 Å². The minimum Gasteiger partial charge on any atom is -0.382 e. The summed E-state index contributed by atoms with van der Waals surface area (Å²) in [4.78, 5) is 27.0. The monoisotopic (exact) mass is 315 g/mol. The molecule has 1 aromatic heterocycles. The minimum atomic E-state index is -0.851. The number of anilines is 1. The molecule has 110 valence electrons.